The molecule has 0 heterocycles. The predicted octanol–water partition coefficient (Wildman–Crippen LogP) is 3.46. The van der Waals surface area contributed by atoms with Crippen LogP contribution in [0.4, 0.5) is 5.69 Å². The zero-order valence-electron chi connectivity index (χ0n) is 10.6. The molecule has 0 saturated heterocycles. The summed E-state index contributed by atoms with van der Waals surface area (Å²) in [5.74, 6) is 1.71. The SMILES string of the molecule is OCc1c(Cl)cccc1N(CC1CC1)CC1CC1. The highest BCUT2D eigenvalue weighted by Gasteiger charge is 2.30. The Morgan fingerprint density at radius 2 is 1.72 bits per heavy atom. The fourth-order valence-corrected chi connectivity index (χ4v) is 2.72. The van der Waals surface area contributed by atoms with Gasteiger partial charge in [0.2, 0.25) is 0 Å². The van der Waals surface area contributed by atoms with E-state index in [0.29, 0.717) is 5.02 Å². The lowest BCUT2D eigenvalue weighted by molar-refractivity contribution is 0.282. The number of aliphatic hydroxyl groups excluding tert-OH is 1. The van der Waals surface area contributed by atoms with Crippen molar-refractivity contribution < 1.29 is 5.11 Å². The van der Waals surface area contributed by atoms with Crippen LogP contribution in [0, 0.1) is 11.8 Å². The molecular formula is C15H20ClNO. The molecule has 1 aromatic rings. The Labute approximate surface area is 114 Å². The van der Waals surface area contributed by atoms with Gasteiger partial charge in [-0.15, -0.1) is 0 Å². The van der Waals surface area contributed by atoms with E-state index in [1.165, 1.54) is 25.7 Å². The molecule has 0 atom stereocenters. The molecule has 2 fully saturated rings. The summed E-state index contributed by atoms with van der Waals surface area (Å²) in [6, 6.07) is 5.95. The van der Waals surface area contributed by atoms with Crippen molar-refractivity contribution in [2.24, 2.45) is 11.8 Å². The van der Waals surface area contributed by atoms with Crippen LogP contribution in [0.1, 0.15) is 31.2 Å². The van der Waals surface area contributed by atoms with E-state index in [9.17, 15) is 5.11 Å². The number of rotatable bonds is 6. The lowest BCUT2D eigenvalue weighted by Crippen LogP contribution is -2.29. The lowest BCUT2D eigenvalue weighted by atomic mass is 10.1. The molecule has 18 heavy (non-hydrogen) atoms. The highest BCUT2D eigenvalue weighted by Crippen LogP contribution is 2.37. The van der Waals surface area contributed by atoms with E-state index in [1.807, 2.05) is 12.1 Å². The maximum Gasteiger partial charge on any atom is 0.0716 e. The molecule has 2 saturated carbocycles. The van der Waals surface area contributed by atoms with Crippen LogP contribution in [0.2, 0.25) is 5.02 Å². The Bertz CT molecular complexity index is 413. The summed E-state index contributed by atoms with van der Waals surface area (Å²) in [4.78, 5) is 2.45. The first-order valence-corrected chi connectivity index (χ1v) is 7.29. The first-order valence-electron chi connectivity index (χ1n) is 6.91. The van der Waals surface area contributed by atoms with E-state index in [-0.39, 0.29) is 6.61 Å². The molecule has 98 valence electrons. The van der Waals surface area contributed by atoms with Crippen molar-refractivity contribution in [2.45, 2.75) is 32.3 Å². The topological polar surface area (TPSA) is 23.5 Å². The molecule has 0 aromatic heterocycles. The van der Waals surface area contributed by atoms with Gasteiger partial charge < -0.3 is 10.0 Å². The number of hydrogen-bond donors (Lipinski definition) is 1. The Balaban J connectivity index is 1.84. The lowest BCUT2D eigenvalue weighted by Gasteiger charge is -2.27. The highest BCUT2D eigenvalue weighted by molar-refractivity contribution is 6.31. The molecule has 0 unspecified atom stereocenters. The summed E-state index contributed by atoms with van der Waals surface area (Å²) in [5, 5.41) is 10.2. The molecule has 2 aliphatic rings. The van der Waals surface area contributed by atoms with Gasteiger partial charge >= 0.3 is 0 Å². The Morgan fingerprint density at radius 1 is 1.11 bits per heavy atom. The van der Waals surface area contributed by atoms with E-state index >= 15 is 0 Å². The number of halogens is 1. The minimum atomic E-state index is 0.0286. The molecule has 0 amide bonds. The summed E-state index contributed by atoms with van der Waals surface area (Å²) in [5.41, 5.74) is 2.03. The smallest absolute Gasteiger partial charge is 0.0716 e. The molecule has 3 heteroatoms. The Kier molecular flexibility index (Phi) is 3.49. The van der Waals surface area contributed by atoms with Gasteiger partial charge in [-0.05, 0) is 49.7 Å². The second kappa shape index (κ2) is 5.10. The van der Waals surface area contributed by atoms with Crippen LogP contribution in [0.5, 0.6) is 0 Å². The van der Waals surface area contributed by atoms with Crippen LogP contribution in [-0.2, 0) is 6.61 Å². The van der Waals surface area contributed by atoms with Gasteiger partial charge in [0.15, 0.2) is 0 Å². The summed E-state index contributed by atoms with van der Waals surface area (Å²) in [6.45, 7) is 2.29. The number of nitrogens with zero attached hydrogens (tertiary/aromatic N) is 1. The van der Waals surface area contributed by atoms with E-state index in [1.54, 1.807) is 0 Å². The quantitative estimate of drug-likeness (QED) is 0.852. The average molecular weight is 266 g/mol. The second-order valence-corrected chi connectivity index (χ2v) is 6.09. The monoisotopic (exact) mass is 265 g/mol. The first kappa shape index (κ1) is 12.3. The predicted molar refractivity (Wildman–Crippen MR) is 75.0 cm³/mol. The second-order valence-electron chi connectivity index (χ2n) is 5.69. The standard InChI is InChI=1S/C15H20ClNO/c16-14-2-1-3-15(13(14)10-18)17(8-11-4-5-11)9-12-6-7-12/h1-3,11-12,18H,4-10H2. The summed E-state index contributed by atoms with van der Waals surface area (Å²) in [6.07, 6.45) is 5.43. The van der Waals surface area contributed by atoms with Crippen LogP contribution >= 0.6 is 11.6 Å². The Hall–Kier alpha value is -0.730. The first-order chi connectivity index (χ1) is 8.78. The number of hydrogen-bond acceptors (Lipinski definition) is 2. The maximum atomic E-state index is 9.54. The van der Waals surface area contributed by atoms with Gasteiger partial charge in [0.05, 0.1) is 6.61 Å². The van der Waals surface area contributed by atoms with Gasteiger partial charge in [0, 0.05) is 29.4 Å². The van der Waals surface area contributed by atoms with Crippen LogP contribution in [0.3, 0.4) is 0 Å². The fraction of sp³-hybridized carbons (Fsp3) is 0.600. The molecule has 2 aliphatic carbocycles. The normalized spacial score (nSPS) is 19.0. The van der Waals surface area contributed by atoms with Crippen LogP contribution in [0.15, 0.2) is 18.2 Å². The molecule has 0 bridgehead atoms. The van der Waals surface area contributed by atoms with Gasteiger partial charge in [0.25, 0.3) is 0 Å². The van der Waals surface area contributed by atoms with Crippen molar-refractivity contribution in [3.8, 4) is 0 Å². The van der Waals surface area contributed by atoms with E-state index < -0.39 is 0 Å². The fourth-order valence-electron chi connectivity index (χ4n) is 2.50. The number of anilines is 1. The summed E-state index contributed by atoms with van der Waals surface area (Å²) in [7, 11) is 0. The maximum absolute atomic E-state index is 9.54. The van der Waals surface area contributed by atoms with Crippen molar-refractivity contribution in [1.82, 2.24) is 0 Å². The van der Waals surface area contributed by atoms with Crippen molar-refractivity contribution in [2.75, 3.05) is 18.0 Å². The van der Waals surface area contributed by atoms with Gasteiger partial charge in [-0.3, -0.25) is 0 Å². The number of benzene rings is 1. The summed E-state index contributed by atoms with van der Waals surface area (Å²) < 4.78 is 0. The molecule has 3 rings (SSSR count). The summed E-state index contributed by atoms with van der Waals surface area (Å²) >= 11 is 6.19. The third-order valence-electron chi connectivity index (χ3n) is 3.94. The van der Waals surface area contributed by atoms with Crippen LogP contribution < -0.4 is 4.90 Å². The Morgan fingerprint density at radius 3 is 2.22 bits per heavy atom. The van der Waals surface area contributed by atoms with Crippen molar-refractivity contribution in [3.05, 3.63) is 28.8 Å². The van der Waals surface area contributed by atoms with Gasteiger partial charge in [-0.25, -0.2) is 0 Å². The molecule has 0 radical (unpaired) electrons. The zero-order chi connectivity index (χ0) is 12.5. The third-order valence-corrected chi connectivity index (χ3v) is 4.30. The number of aliphatic hydroxyl groups is 1. The van der Waals surface area contributed by atoms with E-state index in [4.69, 9.17) is 11.6 Å². The van der Waals surface area contributed by atoms with Gasteiger partial charge in [-0.1, -0.05) is 17.7 Å². The minimum absolute atomic E-state index is 0.0286. The van der Waals surface area contributed by atoms with Crippen molar-refractivity contribution >= 4 is 17.3 Å². The largest absolute Gasteiger partial charge is 0.392 e. The average Bonchev–Trinajstić information content (AvgIpc) is 3.22. The molecule has 1 aromatic carbocycles. The molecule has 2 nitrogen and oxygen atoms in total. The highest BCUT2D eigenvalue weighted by atomic mass is 35.5. The molecule has 0 aliphatic heterocycles. The zero-order valence-corrected chi connectivity index (χ0v) is 11.4. The van der Waals surface area contributed by atoms with E-state index in [0.717, 1.165) is 36.2 Å². The van der Waals surface area contributed by atoms with Crippen LogP contribution in [-0.4, -0.2) is 18.2 Å². The minimum Gasteiger partial charge on any atom is -0.392 e. The molecule has 1 N–H and O–H groups in total. The van der Waals surface area contributed by atoms with E-state index in [2.05, 4.69) is 11.0 Å². The third kappa shape index (κ3) is 2.81. The molecular weight excluding hydrogens is 246 g/mol. The molecule has 0 spiro atoms. The van der Waals surface area contributed by atoms with Gasteiger partial charge in [0.1, 0.15) is 0 Å². The van der Waals surface area contributed by atoms with Crippen molar-refractivity contribution in [3.63, 3.8) is 0 Å². The van der Waals surface area contributed by atoms with Crippen LogP contribution in [0.25, 0.3) is 0 Å². The van der Waals surface area contributed by atoms with Gasteiger partial charge in [-0.2, -0.15) is 0 Å². The van der Waals surface area contributed by atoms with Crippen molar-refractivity contribution in [1.29, 1.82) is 0 Å².